The molecule has 1 N–H and O–H groups in total. The molecule has 1 saturated heterocycles. The lowest BCUT2D eigenvalue weighted by molar-refractivity contribution is 0.0698. The molecule has 1 fully saturated rings. The Labute approximate surface area is 120 Å². The van der Waals surface area contributed by atoms with Gasteiger partial charge in [-0.2, -0.15) is 0 Å². The molecule has 0 aromatic heterocycles. The fourth-order valence-electron chi connectivity index (χ4n) is 2.39. The van der Waals surface area contributed by atoms with Crippen LogP contribution in [0.25, 0.3) is 0 Å². The lowest BCUT2D eigenvalue weighted by Gasteiger charge is -2.24. The van der Waals surface area contributed by atoms with Crippen molar-refractivity contribution >= 4 is 0 Å². The summed E-state index contributed by atoms with van der Waals surface area (Å²) >= 11 is 0. The minimum absolute atomic E-state index is 0.404. The van der Waals surface area contributed by atoms with Crippen LogP contribution in [0.15, 0.2) is 12.1 Å². The van der Waals surface area contributed by atoms with Gasteiger partial charge in [0, 0.05) is 30.8 Å². The molecule has 0 bridgehead atoms. The number of benzene rings is 1. The molecule has 20 heavy (non-hydrogen) atoms. The minimum atomic E-state index is 0.404. The van der Waals surface area contributed by atoms with Gasteiger partial charge in [-0.25, -0.2) is 0 Å². The molecular formula is C15H23NO4. The lowest BCUT2D eigenvalue weighted by atomic mass is 10.1. The van der Waals surface area contributed by atoms with Crippen molar-refractivity contribution in [2.24, 2.45) is 0 Å². The largest absolute Gasteiger partial charge is 0.496 e. The first-order valence-electron chi connectivity index (χ1n) is 6.88. The molecular weight excluding hydrogens is 258 g/mol. The normalized spacial score (nSPS) is 18.6. The molecule has 1 aromatic carbocycles. The summed E-state index contributed by atoms with van der Waals surface area (Å²) in [4.78, 5) is 0. The highest BCUT2D eigenvalue weighted by molar-refractivity contribution is 5.50. The van der Waals surface area contributed by atoms with Crippen molar-refractivity contribution < 1.29 is 18.9 Å². The third-order valence-corrected chi connectivity index (χ3v) is 3.53. The van der Waals surface area contributed by atoms with Gasteiger partial charge in [0.05, 0.1) is 27.9 Å². The highest BCUT2D eigenvalue weighted by Gasteiger charge is 2.16. The van der Waals surface area contributed by atoms with Crippen LogP contribution in [0.5, 0.6) is 17.2 Å². The number of ether oxygens (including phenoxy) is 4. The summed E-state index contributed by atoms with van der Waals surface area (Å²) in [5, 5.41) is 3.50. The predicted octanol–water partition coefficient (Wildman–Crippen LogP) is 1.98. The summed E-state index contributed by atoms with van der Waals surface area (Å²) in [5.41, 5.74) is 1.05. The third kappa shape index (κ3) is 3.55. The number of rotatable bonds is 6. The van der Waals surface area contributed by atoms with Gasteiger partial charge in [0.15, 0.2) is 11.5 Å². The smallest absolute Gasteiger partial charge is 0.164 e. The molecule has 1 unspecified atom stereocenters. The quantitative estimate of drug-likeness (QED) is 0.864. The molecule has 0 saturated carbocycles. The third-order valence-electron chi connectivity index (χ3n) is 3.53. The molecule has 1 aromatic rings. The molecule has 1 heterocycles. The molecule has 1 aliphatic heterocycles. The molecule has 0 amide bonds. The Morgan fingerprint density at radius 1 is 1.10 bits per heavy atom. The second-order valence-electron chi connectivity index (χ2n) is 4.81. The standard InChI is InChI=1S/C15H23NO4/c1-17-13-8-15(19-3)14(18-2)7-11(13)9-16-12-5-4-6-20-10-12/h7-8,12,16H,4-6,9-10H2,1-3H3. The Morgan fingerprint density at radius 2 is 1.80 bits per heavy atom. The van der Waals surface area contributed by atoms with Crippen LogP contribution in [-0.2, 0) is 11.3 Å². The first-order chi connectivity index (χ1) is 9.78. The van der Waals surface area contributed by atoms with Gasteiger partial charge in [-0.3, -0.25) is 0 Å². The highest BCUT2D eigenvalue weighted by atomic mass is 16.5. The fourth-order valence-corrected chi connectivity index (χ4v) is 2.39. The Bertz CT molecular complexity index is 430. The molecule has 1 aliphatic rings. The topological polar surface area (TPSA) is 49.0 Å². The van der Waals surface area contributed by atoms with Crippen LogP contribution in [0.3, 0.4) is 0 Å². The summed E-state index contributed by atoms with van der Waals surface area (Å²) in [6.45, 7) is 2.37. The minimum Gasteiger partial charge on any atom is -0.496 e. The summed E-state index contributed by atoms with van der Waals surface area (Å²) in [6, 6.07) is 4.21. The number of nitrogens with one attached hydrogen (secondary N) is 1. The van der Waals surface area contributed by atoms with Crippen molar-refractivity contribution in [3.05, 3.63) is 17.7 Å². The maximum atomic E-state index is 5.47. The first kappa shape index (κ1) is 14.9. The van der Waals surface area contributed by atoms with Crippen LogP contribution < -0.4 is 19.5 Å². The zero-order valence-corrected chi connectivity index (χ0v) is 12.4. The van der Waals surface area contributed by atoms with Crippen molar-refractivity contribution in [1.82, 2.24) is 5.32 Å². The Kier molecular flexibility index (Phi) is 5.49. The van der Waals surface area contributed by atoms with Crippen molar-refractivity contribution in [2.45, 2.75) is 25.4 Å². The lowest BCUT2D eigenvalue weighted by Crippen LogP contribution is -2.36. The van der Waals surface area contributed by atoms with Crippen LogP contribution in [0.4, 0.5) is 0 Å². The molecule has 112 valence electrons. The van der Waals surface area contributed by atoms with Gasteiger partial charge >= 0.3 is 0 Å². The summed E-state index contributed by atoms with van der Waals surface area (Å²) in [6.07, 6.45) is 2.26. The number of hydrogen-bond acceptors (Lipinski definition) is 5. The molecule has 5 nitrogen and oxygen atoms in total. The zero-order chi connectivity index (χ0) is 14.4. The van der Waals surface area contributed by atoms with Crippen LogP contribution in [0, 0.1) is 0 Å². The van der Waals surface area contributed by atoms with Gasteiger partial charge < -0.3 is 24.3 Å². The Hall–Kier alpha value is -1.46. The summed E-state index contributed by atoms with van der Waals surface area (Å²) in [5.74, 6) is 2.19. The van der Waals surface area contributed by atoms with Crippen LogP contribution in [0.1, 0.15) is 18.4 Å². The molecule has 1 atom stereocenters. The van der Waals surface area contributed by atoms with Crippen molar-refractivity contribution in [3.8, 4) is 17.2 Å². The molecule has 2 rings (SSSR count). The SMILES string of the molecule is COc1cc(OC)c(OC)cc1CNC1CCCOC1. The van der Waals surface area contributed by atoms with E-state index in [2.05, 4.69) is 5.32 Å². The molecule has 5 heteroatoms. The van der Waals surface area contributed by atoms with E-state index >= 15 is 0 Å². The van der Waals surface area contributed by atoms with Crippen molar-refractivity contribution in [2.75, 3.05) is 34.5 Å². The van der Waals surface area contributed by atoms with E-state index in [0.29, 0.717) is 17.5 Å². The van der Waals surface area contributed by atoms with E-state index in [1.807, 2.05) is 12.1 Å². The Morgan fingerprint density at radius 3 is 2.40 bits per heavy atom. The van der Waals surface area contributed by atoms with Crippen molar-refractivity contribution in [1.29, 1.82) is 0 Å². The zero-order valence-electron chi connectivity index (χ0n) is 12.4. The van der Waals surface area contributed by atoms with E-state index in [-0.39, 0.29) is 0 Å². The molecule has 0 aliphatic carbocycles. The average Bonchev–Trinajstić information content (AvgIpc) is 2.52. The van der Waals surface area contributed by atoms with Crippen LogP contribution in [0.2, 0.25) is 0 Å². The predicted molar refractivity (Wildman–Crippen MR) is 76.8 cm³/mol. The molecule has 0 spiro atoms. The van der Waals surface area contributed by atoms with E-state index < -0.39 is 0 Å². The van der Waals surface area contributed by atoms with Gasteiger partial charge in [-0.1, -0.05) is 0 Å². The van der Waals surface area contributed by atoms with E-state index in [0.717, 1.165) is 43.9 Å². The second kappa shape index (κ2) is 7.36. The summed E-state index contributed by atoms with van der Waals surface area (Å²) in [7, 11) is 4.92. The van der Waals surface area contributed by atoms with Gasteiger partial charge in [0.25, 0.3) is 0 Å². The number of hydrogen-bond donors (Lipinski definition) is 1. The highest BCUT2D eigenvalue weighted by Crippen LogP contribution is 2.34. The van der Waals surface area contributed by atoms with Crippen LogP contribution in [-0.4, -0.2) is 40.6 Å². The number of methoxy groups -OCH3 is 3. The average molecular weight is 281 g/mol. The van der Waals surface area contributed by atoms with Crippen molar-refractivity contribution in [3.63, 3.8) is 0 Å². The van der Waals surface area contributed by atoms with Crippen LogP contribution >= 0.6 is 0 Å². The first-order valence-corrected chi connectivity index (χ1v) is 6.88. The van der Waals surface area contributed by atoms with Gasteiger partial charge in [0.2, 0.25) is 0 Å². The second-order valence-corrected chi connectivity index (χ2v) is 4.81. The fraction of sp³-hybridized carbons (Fsp3) is 0.600. The van der Waals surface area contributed by atoms with E-state index in [9.17, 15) is 0 Å². The summed E-state index contributed by atoms with van der Waals surface area (Å²) < 4.78 is 21.5. The molecule has 0 radical (unpaired) electrons. The maximum absolute atomic E-state index is 5.47. The van der Waals surface area contributed by atoms with Gasteiger partial charge in [0.1, 0.15) is 5.75 Å². The monoisotopic (exact) mass is 281 g/mol. The van der Waals surface area contributed by atoms with Gasteiger partial charge in [-0.15, -0.1) is 0 Å². The Balaban J connectivity index is 2.08. The van der Waals surface area contributed by atoms with E-state index in [1.54, 1.807) is 21.3 Å². The van der Waals surface area contributed by atoms with E-state index in [1.165, 1.54) is 0 Å². The van der Waals surface area contributed by atoms with E-state index in [4.69, 9.17) is 18.9 Å². The van der Waals surface area contributed by atoms with Gasteiger partial charge in [-0.05, 0) is 18.9 Å². The maximum Gasteiger partial charge on any atom is 0.164 e.